The summed E-state index contributed by atoms with van der Waals surface area (Å²) < 4.78 is 5.77. The van der Waals surface area contributed by atoms with E-state index in [2.05, 4.69) is 30.1 Å². The fourth-order valence-corrected chi connectivity index (χ4v) is 4.51. The third-order valence-electron chi connectivity index (χ3n) is 5.42. The zero-order valence-corrected chi connectivity index (χ0v) is 19.1. The van der Waals surface area contributed by atoms with Gasteiger partial charge in [0.1, 0.15) is 11.4 Å². The van der Waals surface area contributed by atoms with Crippen molar-refractivity contribution in [1.82, 2.24) is 10.3 Å². The number of nitrogens with one attached hydrogen (secondary N) is 1. The Labute approximate surface area is 186 Å². The summed E-state index contributed by atoms with van der Waals surface area (Å²) >= 11 is 1.50. The lowest BCUT2D eigenvalue weighted by molar-refractivity contribution is -0.116. The summed E-state index contributed by atoms with van der Waals surface area (Å²) in [5, 5.41) is 11.5. The predicted molar refractivity (Wildman–Crippen MR) is 125 cm³/mol. The molecule has 0 aliphatic carbocycles. The second-order valence-electron chi connectivity index (χ2n) is 7.10. The summed E-state index contributed by atoms with van der Waals surface area (Å²) in [5.41, 5.74) is 2.46. The lowest BCUT2D eigenvalue weighted by Gasteiger charge is -2.34. The molecule has 2 aromatic carbocycles. The lowest BCUT2D eigenvalue weighted by Crippen LogP contribution is -2.50. The van der Waals surface area contributed by atoms with Crippen molar-refractivity contribution in [2.24, 2.45) is 10.1 Å². The third-order valence-corrected chi connectivity index (χ3v) is 6.17. The maximum Gasteiger partial charge on any atom is 0.276 e. The van der Waals surface area contributed by atoms with Gasteiger partial charge in [-0.25, -0.2) is 5.01 Å². The molecule has 1 unspecified atom stereocenters. The highest BCUT2D eigenvalue weighted by molar-refractivity contribution is 8.13. The molecule has 1 atom stereocenters. The number of nitrogens with zero attached hydrogens (tertiary/aromatic N) is 4. The Bertz CT molecular complexity index is 1140. The Morgan fingerprint density at radius 2 is 1.94 bits per heavy atom. The number of hydrogen-bond acceptors (Lipinski definition) is 7. The number of hydrogen-bond donors (Lipinski definition) is 1. The van der Waals surface area contributed by atoms with Gasteiger partial charge in [0.25, 0.3) is 5.91 Å². The van der Waals surface area contributed by atoms with Crippen molar-refractivity contribution in [3.8, 4) is 5.75 Å². The molecule has 0 fully saturated rings. The van der Waals surface area contributed by atoms with Crippen molar-refractivity contribution in [1.29, 1.82) is 0 Å². The minimum absolute atomic E-state index is 0.169. The quantitative estimate of drug-likeness (QED) is 0.752. The second kappa shape index (κ2) is 9.01. The Hall–Kier alpha value is -3.00. The molecule has 2 aliphatic rings. The molecule has 8 heteroatoms. The Balaban J connectivity index is 1.89. The highest BCUT2D eigenvalue weighted by Crippen LogP contribution is 2.37. The largest absolute Gasteiger partial charge is 0.496 e. The van der Waals surface area contributed by atoms with Crippen molar-refractivity contribution in [2.45, 2.75) is 26.9 Å². The molecule has 1 N–H and O–H groups in total. The molecule has 0 radical (unpaired) electrons. The number of benzene rings is 2. The van der Waals surface area contributed by atoms with Crippen molar-refractivity contribution < 1.29 is 9.53 Å². The van der Waals surface area contributed by atoms with E-state index < -0.39 is 6.17 Å². The van der Waals surface area contributed by atoms with Crippen molar-refractivity contribution in [3.63, 3.8) is 0 Å². The standard InChI is InChI=1S/C23H27N5O2S/c1-5-27(6-2)15-12-13-17(19(14-15)30-4)21-24-18-11-9-8-10-16(18)20-22(29)25-23(31-7-3)26-28(20)21/h8-14,21H,5-7H2,1-4H3,(H,25,26,29). The fraction of sp³-hybridized carbons (Fsp3) is 0.348. The van der Waals surface area contributed by atoms with Gasteiger partial charge in [0, 0.05) is 35.6 Å². The molecule has 2 heterocycles. The summed E-state index contributed by atoms with van der Waals surface area (Å²) in [6, 6.07) is 13.8. The second-order valence-corrected chi connectivity index (χ2v) is 8.36. The molecule has 2 aliphatic heterocycles. The molecule has 2 aromatic rings. The van der Waals surface area contributed by atoms with Gasteiger partial charge < -0.3 is 9.64 Å². The molecule has 0 bridgehead atoms. The number of carbonyl (C=O) groups is 1. The van der Waals surface area contributed by atoms with E-state index in [1.165, 1.54) is 11.8 Å². The van der Waals surface area contributed by atoms with Crippen molar-refractivity contribution >= 4 is 34.2 Å². The van der Waals surface area contributed by atoms with E-state index >= 15 is 0 Å². The number of amides is 1. The number of rotatable bonds is 6. The third kappa shape index (κ3) is 3.87. The summed E-state index contributed by atoms with van der Waals surface area (Å²) in [4.78, 5) is 20.3. The number of ether oxygens (including phenoxy) is 1. The van der Waals surface area contributed by atoms with Crippen LogP contribution in [0, 0.1) is 0 Å². The SMILES string of the molecule is CCSC1=NN2C(=c3ccccc3=NC2c2ccc(N(CC)CC)cc2OC)C(=O)N1. The molecule has 31 heavy (non-hydrogen) atoms. The molecule has 162 valence electrons. The van der Waals surface area contributed by atoms with Crippen molar-refractivity contribution in [2.75, 3.05) is 30.9 Å². The number of fused-ring (bicyclic) bond motifs is 2. The maximum atomic E-state index is 13.1. The zero-order valence-electron chi connectivity index (χ0n) is 18.3. The topological polar surface area (TPSA) is 69.5 Å². The van der Waals surface area contributed by atoms with Gasteiger partial charge in [-0.3, -0.25) is 15.1 Å². The average molecular weight is 438 g/mol. The van der Waals surface area contributed by atoms with Crippen LogP contribution in [-0.2, 0) is 4.79 Å². The first-order valence-electron chi connectivity index (χ1n) is 10.5. The van der Waals surface area contributed by atoms with Gasteiger partial charge in [0.05, 0.1) is 12.5 Å². The van der Waals surface area contributed by atoms with Crippen LogP contribution in [0.25, 0.3) is 5.70 Å². The number of thioether (sulfide) groups is 1. The molecule has 0 aromatic heterocycles. The highest BCUT2D eigenvalue weighted by atomic mass is 32.2. The van der Waals surface area contributed by atoms with Crippen LogP contribution in [0.15, 0.2) is 52.6 Å². The van der Waals surface area contributed by atoms with E-state index in [0.29, 0.717) is 10.9 Å². The summed E-state index contributed by atoms with van der Waals surface area (Å²) in [6.45, 7) is 8.11. The maximum absolute atomic E-state index is 13.1. The first kappa shape index (κ1) is 21.2. The summed E-state index contributed by atoms with van der Waals surface area (Å²) in [7, 11) is 1.66. The van der Waals surface area contributed by atoms with Crippen LogP contribution in [0.3, 0.4) is 0 Å². The molecule has 1 amide bonds. The van der Waals surface area contributed by atoms with E-state index in [9.17, 15) is 4.79 Å². The monoisotopic (exact) mass is 437 g/mol. The normalized spacial score (nSPS) is 17.2. The minimum Gasteiger partial charge on any atom is -0.496 e. The number of amidine groups is 1. The zero-order chi connectivity index (χ0) is 22.0. The first-order chi connectivity index (χ1) is 15.1. The predicted octanol–water partition coefficient (Wildman–Crippen LogP) is 2.44. The van der Waals surface area contributed by atoms with E-state index in [0.717, 1.165) is 46.4 Å². The fourth-order valence-electron chi connectivity index (χ4n) is 3.93. The number of carbonyl (C=O) groups excluding carboxylic acids is 1. The Morgan fingerprint density at radius 1 is 1.16 bits per heavy atom. The number of anilines is 1. The van der Waals surface area contributed by atoms with Gasteiger partial charge in [-0.1, -0.05) is 36.9 Å². The van der Waals surface area contributed by atoms with Gasteiger partial charge >= 0.3 is 0 Å². The van der Waals surface area contributed by atoms with Crippen LogP contribution in [0.2, 0.25) is 0 Å². The molecule has 7 nitrogen and oxygen atoms in total. The molecule has 0 saturated carbocycles. The Morgan fingerprint density at radius 3 is 2.65 bits per heavy atom. The van der Waals surface area contributed by atoms with Crippen molar-refractivity contribution in [3.05, 3.63) is 58.6 Å². The van der Waals surface area contributed by atoms with Crippen LogP contribution in [-0.4, -0.2) is 42.0 Å². The highest BCUT2D eigenvalue weighted by Gasteiger charge is 2.35. The van der Waals surface area contributed by atoms with Crippen LogP contribution < -0.4 is 25.5 Å². The van der Waals surface area contributed by atoms with E-state index in [1.807, 2.05) is 43.3 Å². The molecule has 0 spiro atoms. The van der Waals surface area contributed by atoms with Gasteiger partial charge in [-0.15, -0.1) is 5.10 Å². The van der Waals surface area contributed by atoms with Gasteiger partial charge in [-0.2, -0.15) is 0 Å². The number of para-hydroxylation sites is 1. The molecular weight excluding hydrogens is 410 g/mol. The van der Waals surface area contributed by atoms with E-state index in [4.69, 9.17) is 14.8 Å². The van der Waals surface area contributed by atoms with Gasteiger partial charge in [0.15, 0.2) is 11.3 Å². The molecular formula is C23H27N5O2S. The number of methoxy groups -OCH3 is 1. The number of hydrazone groups is 1. The molecule has 0 saturated heterocycles. The average Bonchev–Trinajstić information content (AvgIpc) is 2.79. The van der Waals surface area contributed by atoms with E-state index in [1.54, 1.807) is 12.1 Å². The Kier molecular flexibility index (Phi) is 6.18. The van der Waals surface area contributed by atoms with Gasteiger partial charge in [-0.05, 0) is 37.8 Å². The lowest BCUT2D eigenvalue weighted by atomic mass is 10.1. The summed E-state index contributed by atoms with van der Waals surface area (Å²) in [5.74, 6) is 1.36. The first-order valence-corrected chi connectivity index (χ1v) is 11.5. The minimum atomic E-state index is -0.496. The van der Waals surface area contributed by atoms with Crippen LogP contribution in [0.4, 0.5) is 5.69 Å². The smallest absolute Gasteiger partial charge is 0.276 e. The molecule has 4 rings (SSSR count). The summed E-state index contributed by atoms with van der Waals surface area (Å²) in [6.07, 6.45) is -0.496. The van der Waals surface area contributed by atoms with Crippen LogP contribution >= 0.6 is 11.8 Å². The van der Waals surface area contributed by atoms with Crippen LogP contribution in [0.5, 0.6) is 5.75 Å². The van der Waals surface area contributed by atoms with E-state index in [-0.39, 0.29) is 5.91 Å². The van der Waals surface area contributed by atoms with Gasteiger partial charge in [0.2, 0.25) is 0 Å². The van der Waals surface area contributed by atoms with Crippen LogP contribution in [0.1, 0.15) is 32.5 Å².